The molecule has 0 saturated heterocycles. The molecule has 3 aromatic heterocycles. The Labute approximate surface area is 126 Å². The Kier molecular flexibility index (Phi) is 2.88. The average Bonchev–Trinajstić information content (AvgIpc) is 3.14. The lowest BCUT2D eigenvalue weighted by atomic mass is 10.2. The summed E-state index contributed by atoms with van der Waals surface area (Å²) in [5.41, 5.74) is 0.770. The number of thiazole rings is 1. The maximum Gasteiger partial charge on any atom is 0.178 e. The molecule has 0 unspecified atom stereocenters. The largest absolute Gasteiger partial charge is 0.359 e. The van der Waals surface area contributed by atoms with Crippen LogP contribution in [0.25, 0.3) is 5.65 Å². The van der Waals surface area contributed by atoms with Crippen LogP contribution in [0.3, 0.4) is 0 Å². The number of nitrogens with one attached hydrogen (secondary N) is 1. The topological polar surface area (TPSA) is 68.0 Å². The number of hydrogen-bond acceptors (Lipinski definition) is 6. The van der Waals surface area contributed by atoms with E-state index in [-0.39, 0.29) is 6.04 Å². The third kappa shape index (κ3) is 2.37. The Hall–Kier alpha value is -2.02. The van der Waals surface area contributed by atoms with Crippen LogP contribution in [0.5, 0.6) is 0 Å². The van der Waals surface area contributed by atoms with E-state index in [1.165, 1.54) is 17.7 Å². The minimum absolute atomic E-state index is 0.255. The van der Waals surface area contributed by atoms with Crippen LogP contribution in [0, 0.1) is 19.8 Å². The maximum atomic E-state index is 4.57. The van der Waals surface area contributed by atoms with Crippen LogP contribution >= 0.6 is 11.3 Å². The molecule has 0 aliphatic heterocycles. The molecule has 3 aromatic rings. The van der Waals surface area contributed by atoms with E-state index in [0.717, 1.165) is 22.3 Å². The van der Waals surface area contributed by atoms with E-state index < -0.39 is 0 Å². The Balaban J connectivity index is 1.66. The van der Waals surface area contributed by atoms with E-state index >= 15 is 0 Å². The van der Waals surface area contributed by atoms with Gasteiger partial charge in [-0.05, 0) is 44.7 Å². The van der Waals surface area contributed by atoms with E-state index in [2.05, 4.69) is 32.5 Å². The van der Waals surface area contributed by atoms with E-state index in [1.807, 2.05) is 25.3 Å². The van der Waals surface area contributed by atoms with Gasteiger partial charge < -0.3 is 5.32 Å². The molecule has 21 heavy (non-hydrogen) atoms. The van der Waals surface area contributed by atoms with Crippen molar-refractivity contribution in [2.75, 3.05) is 5.32 Å². The predicted molar refractivity (Wildman–Crippen MR) is 81.5 cm³/mol. The zero-order valence-corrected chi connectivity index (χ0v) is 12.8. The van der Waals surface area contributed by atoms with Gasteiger partial charge in [0, 0.05) is 11.1 Å². The maximum absolute atomic E-state index is 4.57. The third-order valence-electron chi connectivity index (χ3n) is 3.72. The number of hydrogen-bond donors (Lipinski definition) is 1. The summed E-state index contributed by atoms with van der Waals surface area (Å²) in [5.74, 6) is 2.30. The second-order valence-electron chi connectivity index (χ2n) is 5.50. The zero-order chi connectivity index (χ0) is 14.4. The van der Waals surface area contributed by atoms with Crippen molar-refractivity contribution in [2.24, 2.45) is 5.92 Å². The molecule has 7 heteroatoms. The molecule has 108 valence electrons. The second kappa shape index (κ2) is 4.77. The van der Waals surface area contributed by atoms with Crippen LogP contribution in [0.15, 0.2) is 18.3 Å². The van der Waals surface area contributed by atoms with Gasteiger partial charge in [0.1, 0.15) is 10.8 Å². The number of aromatic nitrogens is 5. The highest BCUT2D eigenvalue weighted by Crippen LogP contribution is 2.43. The van der Waals surface area contributed by atoms with Gasteiger partial charge in [0.05, 0.1) is 6.04 Å². The van der Waals surface area contributed by atoms with Crippen LogP contribution in [-0.2, 0) is 0 Å². The number of rotatable bonds is 4. The highest BCUT2D eigenvalue weighted by atomic mass is 32.1. The summed E-state index contributed by atoms with van der Waals surface area (Å²) in [7, 11) is 0. The Morgan fingerprint density at radius 2 is 2.14 bits per heavy atom. The standard InChI is InChI=1S/C14H16N6S/c1-8-7-15-14(21-8)13(10-3-4-10)16-11-5-6-12-18-17-9(2)20(12)19-11/h5-7,10,13H,3-4H2,1-2H3,(H,16,19)/t13-/m1/s1. The molecule has 1 N–H and O–H groups in total. The van der Waals surface area contributed by atoms with Gasteiger partial charge >= 0.3 is 0 Å². The van der Waals surface area contributed by atoms with Gasteiger partial charge in [-0.2, -0.15) is 4.52 Å². The van der Waals surface area contributed by atoms with Crippen molar-refractivity contribution in [1.82, 2.24) is 24.8 Å². The molecule has 0 amide bonds. The molecule has 0 bridgehead atoms. The van der Waals surface area contributed by atoms with Crippen molar-refractivity contribution >= 4 is 22.8 Å². The summed E-state index contributed by atoms with van der Waals surface area (Å²) < 4.78 is 1.76. The average molecular weight is 300 g/mol. The highest BCUT2D eigenvalue weighted by molar-refractivity contribution is 7.11. The molecule has 1 fully saturated rings. The quantitative estimate of drug-likeness (QED) is 0.802. The van der Waals surface area contributed by atoms with Gasteiger partial charge in [0.2, 0.25) is 0 Å². The van der Waals surface area contributed by atoms with Crippen molar-refractivity contribution in [1.29, 1.82) is 0 Å². The number of fused-ring (bicyclic) bond motifs is 1. The third-order valence-corrected chi connectivity index (χ3v) is 4.72. The van der Waals surface area contributed by atoms with Gasteiger partial charge in [0.15, 0.2) is 11.5 Å². The minimum atomic E-state index is 0.255. The molecule has 4 rings (SSSR count). The fraction of sp³-hybridized carbons (Fsp3) is 0.429. The van der Waals surface area contributed by atoms with E-state index in [4.69, 9.17) is 0 Å². The summed E-state index contributed by atoms with van der Waals surface area (Å²) >= 11 is 1.76. The molecule has 1 aliphatic rings. The highest BCUT2D eigenvalue weighted by Gasteiger charge is 2.34. The Morgan fingerprint density at radius 1 is 1.29 bits per heavy atom. The summed E-state index contributed by atoms with van der Waals surface area (Å²) in [6.07, 6.45) is 4.45. The van der Waals surface area contributed by atoms with Gasteiger partial charge in [0.25, 0.3) is 0 Å². The number of anilines is 1. The first-order valence-electron chi connectivity index (χ1n) is 7.08. The number of nitrogens with zero attached hydrogens (tertiary/aromatic N) is 5. The Morgan fingerprint density at radius 3 is 2.86 bits per heavy atom. The monoisotopic (exact) mass is 300 g/mol. The lowest BCUT2D eigenvalue weighted by Gasteiger charge is -2.16. The molecule has 0 radical (unpaired) electrons. The van der Waals surface area contributed by atoms with Crippen LogP contribution in [-0.4, -0.2) is 24.8 Å². The first-order chi connectivity index (χ1) is 10.2. The van der Waals surface area contributed by atoms with E-state index in [9.17, 15) is 0 Å². The van der Waals surface area contributed by atoms with Gasteiger partial charge in [-0.1, -0.05) is 0 Å². The molecule has 1 aliphatic carbocycles. The summed E-state index contributed by atoms with van der Waals surface area (Å²) in [6.45, 7) is 4.00. The van der Waals surface area contributed by atoms with E-state index in [1.54, 1.807) is 15.9 Å². The van der Waals surface area contributed by atoms with Crippen molar-refractivity contribution in [2.45, 2.75) is 32.7 Å². The summed E-state index contributed by atoms with van der Waals surface area (Å²) in [6, 6.07) is 4.15. The van der Waals surface area contributed by atoms with Crippen LogP contribution < -0.4 is 5.32 Å². The number of aryl methyl sites for hydroxylation is 2. The smallest absolute Gasteiger partial charge is 0.178 e. The lowest BCUT2D eigenvalue weighted by Crippen LogP contribution is -2.14. The minimum Gasteiger partial charge on any atom is -0.359 e. The molecule has 6 nitrogen and oxygen atoms in total. The van der Waals surface area contributed by atoms with Gasteiger partial charge in [-0.15, -0.1) is 26.6 Å². The first-order valence-corrected chi connectivity index (χ1v) is 7.90. The predicted octanol–water partition coefficient (Wildman–Crippen LogP) is 2.76. The summed E-state index contributed by atoms with van der Waals surface area (Å²) in [5, 5.41) is 17.4. The van der Waals surface area contributed by atoms with Crippen molar-refractivity contribution < 1.29 is 0 Å². The normalized spacial score (nSPS) is 16.3. The molecular formula is C14H16N6S. The zero-order valence-electron chi connectivity index (χ0n) is 11.9. The fourth-order valence-corrected chi connectivity index (χ4v) is 3.38. The molecule has 0 spiro atoms. The molecular weight excluding hydrogens is 284 g/mol. The van der Waals surface area contributed by atoms with Crippen LogP contribution in [0.2, 0.25) is 0 Å². The molecule has 0 aromatic carbocycles. The fourth-order valence-electron chi connectivity index (χ4n) is 2.46. The van der Waals surface area contributed by atoms with Crippen molar-refractivity contribution in [3.8, 4) is 0 Å². The van der Waals surface area contributed by atoms with Crippen molar-refractivity contribution in [3.05, 3.63) is 34.0 Å². The van der Waals surface area contributed by atoms with E-state index in [0.29, 0.717) is 5.92 Å². The lowest BCUT2D eigenvalue weighted by molar-refractivity contribution is 0.666. The van der Waals surface area contributed by atoms with Crippen molar-refractivity contribution in [3.63, 3.8) is 0 Å². The first kappa shape index (κ1) is 12.7. The second-order valence-corrected chi connectivity index (χ2v) is 6.77. The Bertz CT molecular complexity index is 788. The molecule has 1 saturated carbocycles. The summed E-state index contributed by atoms with van der Waals surface area (Å²) in [4.78, 5) is 5.79. The van der Waals surface area contributed by atoms with Crippen LogP contribution in [0.1, 0.15) is 34.6 Å². The van der Waals surface area contributed by atoms with Gasteiger partial charge in [-0.3, -0.25) is 0 Å². The van der Waals surface area contributed by atoms with Crippen LogP contribution in [0.4, 0.5) is 5.82 Å². The SMILES string of the molecule is Cc1cnc([C@H](Nc2ccc3nnc(C)n3n2)C2CC2)s1. The van der Waals surface area contributed by atoms with Gasteiger partial charge in [-0.25, -0.2) is 4.98 Å². The molecule has 1 atom stereocenters. The molecule has 3 heterocycles.